The van der Waals surface area contributed by atoms with Crippen LogP contribution in [-0.2, 0) is 0 Å². The zero-order valence-corrected chi connectivity index (χ0v) is 13.1. The molecule has 1 aromatic rings. The summed E-state index contributed by atoms with van der Waals surface area (Å²) in [5.74, 6) is 7.61. The van der Waals surface area contributed by atoms with E-state index in [1.54, 1.807) is 0 Å². The molecule has 1 saturated heterocycles. The van der Waals surface area contributed by atoms with Crippen LogP contribution >= 0.6 is 11.3 Å². The van der Waals surface area contributed by atoms with Crippen molar-refractivity contribution < 1.29 is 4.79 Å². The van der Waals surface area contributed by atoms with Crippen LogP contribution in [0.15, 0.2) is 12.1 Å². The molecule has 112 valence electrons. The SMILES string of the molecule is NCC#Cc1ccc(C(=O)N2CCC3CCCCC3C2)s1. The maximum Gasteiger partial charge on any atom is 0.263 e. The van der Waals surface area contributed by atoms with Gasteiger partial charge in [0, 0.05) is 13.1 Å². The summed E-state index contributed by atoms with van der Waals surface area (Å²) in [6, 6.07) is 3.83. The molecule has 1 amide bonds. The smallest absolute Gasteiger partial charge is 0.263 e. The van der Waals surface area contributed by atoms with Crippen LogP contribution in [0.3, 0.4) is 0 Å². The molecule has 0 bridgehead atoms. The van der Waals surface area contributed by atoms with Crippen molar-refractivity contribution in [1.82, 2.24) is 4.90 Å². The molecule has 3 nitrogen and oxygen atoms in total. The van der Waals surface area contributed by atoms with Gasteiger partial charge in [-0.2, -0.15) is 0 Å². The topological polar surface area (TPSA) is 46.3 Å². The molecule has 1 saturated carbocycles. The summed E-state index contributed by atoms with van der Waals surface area (Å²) < 4.78 is 0. The first-order chi connectivity index (χ1) is 10.3. The number of piperidine rings is 1. The van der Waals surface area contributed by atoms with Crippen LogP contribution in [0.1, 0.15) is 46.7 Å². The standard InChI is InChI=1S/C17H22N2OS/c18-10-3-6-15-7-8-16(21-15)17(20)19-11-9-13-4-1-2-5-14(13)12-19/h7-8,13-14H,1-2,4-5,9-12,18H2. The van der Waals surface area contributed by atoms with Crippen LogP contribution in [0.5, 0.6) is 0 Å². The third kappa shape index (κ3) is 3.30. The molecular formula is C17H22N2OS. The molecule has 2 fully saturated rings. The van der Waals surface area contributed by atoms with Crippen molar-refractivity contribution in [3.05, 3.63) is 21.9 Å². The first kappa shape index (κ1) is 14.6. The van der Waals surface area contributed by atoms with Gasteiger partial charge in [0.25, 0.3) is 5.91 Å². The van der Waals surface area contributed by atoms with Crippen molar-refractivity contribution in [2.24, 2.45) is 17.6 Å². The van der Waals surface area contributed by atoms with Gasteiger partial charge >= 0.3 is 0 Å². The van der Waals surface area contributed by atoms with Crippen LogP contribution in [0, 0.1) is 23.7 Å². The second-order valence-corrected chi connectivity index (χ2v) is 7.10. The van der Waals surface area contributed by atoms with E-state index in [4.69, 9.17) is 5.73 Å². The third-order valence-electron chi connectivity index (χ3n) is 4.71. The number of nitrogens with two attached hydrogens (primary N) is 1. The molecule has 1 aliphatic carbocycles. The van der Waals surface area contributed by atoms with Gasteiger partial charge < -0.3 is 10.6 Å². The number of thiophene rings is 1. The second-order valence-electron chi connectivity index (χ2n) is 6.01. The molecule has 4 heteroatoms. The van der Waals surface area contributed by atoms with Crippen molar-refractivity contribution in [1.29, 1.82) is 0 Å². The van der Waals surface area contributed by atoms with E-state index in [1.807, 2.05) is 12.1 Å². The summed E-state index contributed by atoms with van der Waals surface area (Å²) in [7, 11) is 0. The van der Waals surface area contributed by atoms with Gasteiger partial charge in [-0.15, -0.1) is 11.3 Å². The lowest BCUT2D eigenvalue weighted by Crippen LogP contribution is -2.44. The van der Waals surface area contributed by atoms with E-state index in [1.165, 1.54) is 43.4 Å². The second kappa shape index (κ2) is 6.64. The average molecular weight is 302 g/mol. The highest BCUT2D eigenvalue weighted by atomic mass is 32.1. The fraction of sp³-hybridized carbons (Fsp3) is 0.588. The quantitative estimate of drug-likeness (QED) is 0.811. The molecule has 1 aliphatic heterocycles. The number of likely N-dealkylation sites (tertiary alicyclic amines) is 1. The number of nitrogens with zero attached hydrogens (tertiary/aromatic N) is 1. The van der Waals surface area contributed by atoms with Gasteiger partial charge in [0.1, 0.15) is 0 Å². The third-order valence-corrected chi connectivity index (χ3v) is 5.70. The van der Waals surface area contributed by atoms with Crippen molar-refractivity contribution in [2.75, 3.05) is 19.6 Å². The summed E-state index contributed by atoms with van der Waals surface area (Å²) in [6.45, 7) is 2.23. The normalized spacial score (nSPS) is 24.9. The highest BCUT2D eigenvalue weighted by Crippen LogP contribution is 2.36. The van der Waals surface area contributed by atoms with Crippen molar-refractivity contribution >= 4 is 17.2 Å². The maximum atomic E-state index is 12.6. The molecule has 0 spiro atoms. The number of hydrogen-bond acceptors (Lipinski definition) is 3. The molecule has 2 unspecified atom stereocenters. The minimum absolute atomic E-state index is 0.185. The van der Waals surface area contributed by atoms with Crippen molar-refractivity contribution in [2.45, 2.75) is 32.1 Å². The molecule has 0 aromatic carbocycles. The van der Waals surface area contributed by atoms with Gasteiger partial charge in [0.2, 0.25) is 0 Å². The number of carbonyl (C=O) groups is 1. The number of rotatable bonds is 1. The largest absolute Gasteiger partial charge is 0.338 e. The highest BCUT2D eigenvalue weighted by molar-refractivity contribution is 7.14. The molecule has 21 heavy (non-hydrogen) atoms. The van der Waals surface area contributed by atoms with E-state index in [0.29, 0.717) is 6.54 Å². The lowest BCUT2D eigenvalue weighted by atomic mass is 9.75. The molecule has 2 heterocycles. The number of carbonyl (C=O) groups excluding carboxylic acids is 1. The van der Waals surface area contributed by atoms with Crippen LogP contribution in [0.4, 0.5) is 0 Å². The van der Waals surface area contributed by atoms with Gasteiger partial charge in [-0.25, -0.2) is 0 Å². The van der Waals surface area contributed by atoms with Gasteiger partial charge in [-0.3, -0.25) is 4.79 Å². The number of fused-ring (bicyclic) bond motifs is 1. The summed E-state index contributed by atoms with van der Waals surface area (Å²) in [5.41, 5.74) is 5.38. The predicted molar refractivity (Wildman–Crippen MR) is 86.2 cm³/mol. The van der Waals surface area contributed by atoms with Gasteiger partial charge in [0.15, 0.2) is 0 Å². The van der Waals surface area contributed by atoms with Gasteiger partial charge in [0.05, 0.1) is 16.3 Å². The summed E-state index contributed by atoms with van der Waals surface area (Å²) in [5, 5.41) is 0. The summed E-state index contributed by atoms with van der Waals surface area (Å²) in [6.07, 6.45) is 6.56. The molecular weight excluding hydrogens is 280 g/mol. The minimum Gasteiger partial charge on any atom is -0.338 e. The Morgan fingerprint density at radius 1 is 1.29 bits per heavy atom. The molecule has 3 rings (SSSR count). The Balaban J connectivity index is 1.66. The Morgan fingerprint density at radius 3 is 2.90 bits per heavy atom. The maximum absolute atomic E-state index is 12.6. The highest BCUT2D eigenvalue weighted by Gasteiger charge is 2.33. The first-order valence-corrected chi connectivity index (χ1v) is 8.67. The van der Waals surface area contributed by atoms with Crippen LogP contribution in [0.2, 0.25) is 0 Å². The fourth-order valence-corrected chi connectivity index (χ4v) is 4.45. The Bertz CT molecular complexity index is 569. The molecule has 2 atom stereocenters. The molecule has 2 aliphatic rings. The Kier molecular flexibility index (Phi) is 4.62. The summed E-state index contributed by atoms with van der Waals surface area (Å²) in [4.78, 5) is 16.4. The van der Waals surface area contributed by atoms with E-state index >= 15 is 0 Å². The predicted octanol–water partition coefficient (Wildman–Crippen LogP) is 2.71. The van der Waals surface area contributed by atoms with Crippen molar-refractivity contribution in [3.8, 4) is 11.8 Å². The first-order valence-electron chi connectivity index (χ1n) is 7.86. The van der Waals surface area contributed by atoms with Gasteiger partial charge in [-0.05, 0) is 36.8 Å². The van der Waals surface area contributed by atoms with Crippen molar-refractivity contribution in [3.63, 3.8) is 0 Å². The Morgan fingerprint density at radius 2 is 2.10 bits per heavy atom. The molecule has 0 radical (unpaired) electrons. The Hall–Kier alpha value is -1.31. The zero-order valence-electron chi connectivity index (χ0n) is 12.3. The number of amides is 1. The van der Waals surface area contributed by atoms with E-state index in [9.17, 15) is 4.79 Å². The summed E-state index contributed by atoms with van der Waals surface area (Å²) >= 11 is 1.48. The monoisotopic (exact) mass is 302 g/mol. The van der Waals surface area contributed by atoms with Crippen LogP contribution in [-0.4, -0.2) is 30.4 Å². The molecule has 1 aromatic heterocycles. The van der Waals surface area contributed by atoms with Crippen LogP contribution in [0.25, 0.3) is 0 Å². The Labute approximate surface area is 130 Å². The minimum atomic E-state index is 0.185. The van der Waals surface area contributed by atoms with Gasteiger partial charge in [-0.1, -0.05) is 31.1 Å². The van der Waals surface area contributed by atoms with Crippen LogP contribution < -0.4 is 5.73 Å². The number of hydrogen-bond donors (Lipinski definition) is 1. The van der Waals surface area contributed by atoms with E-state index in [2.05, 4.69) is 16.7 Å². The average Bonchev–Trinajstić information content (AvgIpc) is 3.00. The lowest BCUT2D eigenvalue weighted by molar-refractivity contribution is 0.0525. The molecule has 2 N–H and O–H groups in total. The van der Waals surface area contributed by atoms with E-state index < -0.39 is 0 Å². The van der Waals surface area contributed by atoms with E-state index in [0.717, 1.165) is 34.7 Å². The zero-order chi connectivity index (χ0) is 14.7. The fourth-order valence-electron chi connectivity index (χ4n) is 3.60. The lowest BCUT2D eigenvalue weighted by Gasteiger charge is -2.41. The van der Waals surface area contributed by atoms with E-state index in [-0.39, 0.29) is 5.91 Å².